The summed E-state index contributed by atoms with van der Waals surface area (Å²) in [6, 6.07) is 9.06. The van der Waals surface area contributed by atoms with Gasteiger partial charge in [0.25, 0.3) is 5.56 Å². The summed E-state index contributed by atoms with van der Waals surface area (Å²) in [6.45, 7) is 5.68. The first-order valence-electron chi connectivity index (χ1n) is 13.8. The molecule has 1 amide bonds. The highest BCUT2D eigenvalue weighted by Gasteiger charge is 2.36. The largest absolute Gasteiger partial charge is 0.573 e. The Morgan fingerprint density at radius 3 is 1.86 bits per heavy atom. The molecular formula is C28H26F9N5O6S2. The minimum atomic E-state index is -4.91. The Balaban J connectivity index is 0.000000376. The molecular weight excluding hydrogens is 737 g/mol. The first-order chi connectivity index (χ1) is 23.1. The lowest BCUT2D eigenvalue weighted by atomic mass is 10.2. The van der Waals surface area contributed by atoms with Crippen LogP contribution in [0.4, 0.5) is 39.5 Å². The summed E-state index contributed by atoms with van der Waals surface area (Å²) in [6.07, 6.45) is -13.9. The van der Waals surface area contributed by atoms with E-state index in [0.29, 0.717) is 17.0 Å². The van der Waals surface area contributed by atoms with Crippen LogP contribution >= 0.6 is 11.8 Å². The van der Waals surface area contributed by atoms with E-state index >= 15 is 0 Å². The maximum atomic E-state index is 12.8. The van der Waals surface area contributed by atoms with Crippen LogP contribution in [0.25, 0.3) is 0 Å². The fraction of sp³-hybridized carbons (Fsp3) is 0.321. The van der Waals surface area contributed by atoms with Crippen LogP contribution in [0.15, 0.2) is 74.7 Å². The number of nitrogens with zero attached hydrogens (tertiary/aromatic N) is 3. The average Bonchev–Trinajstić information content (AvgIpc) is 3.01. The number of benzene rings is 2. The standard InChI is InChI=1S/C19H18F6N4O4S2.C9H8F3NO2/c1-11-15(16(30)27-17(26-11)18(20,21)22)34-12(2)28-7-9-29(10-8-28)35(31,32)14-5-3-13(4-6-14)33-19(23,24)25;10-9(11,12)15-8-3-1-7(2-4-8)5-13-6-14/h3-6H,2,7-10H2,1H3,(H,26,27,30);1-4,6H,5H2,(H,13,14). The third kappa shape index (κ3) is 11.9. The Morgan fingerprint density at radius 1 is 0.920 bits per heavy atom. The quantitative estimate of drug-likeness (QED) is 0.158. The van der Waals surface area contributed by atoms with Crippen molar-refractivity contribution in [2.45, 2.75) is 42.2 Å². The van der Waals surface area contributed by atoms with Gasteiger partial charge in [0, 0.05) is 32.7 Å². The van der Waals surface area contributed by atoms with Crippen LogP contribution in [0.3, 0.4) is 0 Å². The molecule has 1 fully saturated rings. The third-order valence-electron chi connectivity index (χ3n) is 6.37. The number of piperazine rings is 1. The molecule has 3 aromatic rings. The summed E-state index contributed by atoms with van der Waals surface area (Å²) < 4.78 is 145. The zero-order chi connectivity index (χ0) is 37.5. The van der Waals surface area contributed by atoms with Crippen molar-refractivity contribution in [1.29, 1.82) is 0 Å². The van der Waals surface area contributed by atoms with Gasteiger partial charge in [0.15, 0.2) is 0 Å². The minimum absolute atomic E-state index is 0.00329. The maximum absolute atomic E-state index is 12.8. The molecule has 274 valence electrons. The number of aromatic amines is 1. The SMILES string of the molecule is C=C(Sc1c(C)nc(C(F)(F)F)[nH]c1=O)N1CCN(S(=O)(=O)c2ccc(OC(F)(F)F)cc2)CC1.O=CNCc1ccc(OC(F)(F)F)cc1. The molecule has 0 atom stereocenters. The third-order valence-corrected chi connectivity index (χ3v) is 9.46. The van der Waals surface area contributed by atoms with Crippen molar-refractivity contribution in [3.8, 4) is 11.5 Å². The monoisotopic (exact) mass is 763 g/mol. The van der Waals surface area contributed by atoms with Gasteiger partial charge in [-0.15, -0.1) is 26.3 Å². The second kappa shape index (κ2) is 16.1. The number of halogens is 9. The van der Waals surface area contributed by atoms with Crippen molar-refractivity contribution < 1.29 is 62.2 Å². The predicted octanol–water partition coefficient (Wildman–Crippen LogP) is 5.40. The molecule has 0 bridgehead atoms. The number of carbonyl (C=O) groups excluding carboxylic acids is 1. The van der Waals surface area contributed by atoms with Crippen molar-refractivity contribution >= 4 is 28.2 Å². The number of carbonyl (C=O) groups is 1. The van der Waals surface area contributed by atoms with Gasteiger partial charge < -0.3 is 24.7 Å². The van der Waals surface area contributed by atoms with E-state index in [4.69, 9.17) is 0 Å². The summed E-state index contributed by atoms with van der Waals surface area (Å²) in [4.78, 5) is 28.5. The highest BCUT2D eigenvalue weighted by molar-refractivity contribution is 8.03. The molecule has 2 aromatic carbocycles. The van der Waals surface area contributed by atoms with Gasteiger partial charge in [-0.25, -0.2) is 13.4 Å². The van der Waals surface area contributed by atoms with Crippen LogP contribution in [0, 0.1) is 6.92 Å². The number of sulfonamides is 1. The zero-order valence-corrected chi connectivity index (χ0v) is 27.1. The number of H-pyrrole nitrogens is 1. The Bertz CT molecular complexity index is 1790. The summed E-state index contributed by atoms with van der Waals surface area (Å²) in [5.74, 6) is -2.25. The molecule has 0 spiro atoms. The van der Waals surface area contributed by atoms with Gasteiger partial charge in [0.05, 0.1) is 15.6 Å². The lowest BCUT2D eigenvalue weighted by Gasteiger charge is -2.36. The van der Waals surface area contributed by atoms with Gasteiger partial charge in [-0.3, -0.25) is 9.59 Å². The van der Waals surface area contributed by atoms with E-state index in [1.807, 2.05) is 0 Å². The molecule has 0 aliphatic carbocycles. The zero-order valence-electron chi connectivity index (χ0n) is 25.4. The lowest BCUT2D eigenvalue weighted by molar-refractivity contribution is -0.275. The highest BCUT2D eigenvalue weighted by Crippen LogP contribution is 2.32. The van der Waals surface area contributed by atoms with Crippen molar-refractivity contribution in [2.24, 2.45) is 0 Å². The molecule has 1 aromatic heterocycles. The average molecular weight is 764 g/mol. The van der Waals surface area contributed by atoms with Crippen molar-refractivity contribution in [3.05, 3.63) is 87.6 Å². The smallest absolute Gasteiger partial charge is 0.406 e. The van der Waals surface area contributed by atoms with Crippen LogP contribution in [0.2, 0.25) is 0 Å². The molecule has 0 radical (unpaired) electrons. The topological polar surface area (TPSA) is 134 Å². The normalized spacial score (nSPS) is 14.3. The van der Waals surface area contributed by atoms with Gasteiger partial charge in [0.2, 0.25) is 22.3 Å². The first kappa shape index (κ1) is 40.0. The lowest BCUT2D eigenvalue weighted by Crippen LogP contribution is -2.47. The molecule has 2 heterocycles. The molecule has 0 unspecified atom stereocenters. The number of aryl methyl sites for hydroxylation is 1. The number of thioether (sulfide) groups is 1. The number of ether oxygens (including phenoxy) is 2. The fourth-order valence-corrected chi connectivity index (χ4v) is 6.43. The molecule has 1 aliphatic rings. The van der Waals surface area contributed by atoms with Gasteiger partial charge in [-0.1, -0.05) is 30.5 Å². The van der Waals surface area contributed by atoms with Gasteiger partial charge >= 0.3 is 18.9 Å². The Morgan fingerprint density at radius 2 is 1.42 bits per heavy atom. The number of hydrogen-bond acceptors (Lipinski definition) is 9. The molecule has 2 N–H and O–H groups in total. The van der Waals surface area contributed by atoms with E-state index < -0.39 is 46.1 Å². The van der Waals surface area contributed by atoms with Crippen molar-refractivity contribution in [2.75, 3.05) is 26.2 Å². The van der Waals surface area contributed by atoms with E-state index in [1.165, 1.54) is 31.2 Å². The van der Waals surface area contributed by atoms with Crippen LogP contribution < -0.4 is 20.3 Å². The summed E-state index contributed by atoms with van der Waals surface area (Å²) in [5, 5.41) is 2.70. The summed E-state index contributed by atoms with van der Waals surface area (Å²) in [5.41, 5.74) is -0.418. The minimum Gasteiger partial charge on any atom is -0.406 e. The number of nitrogens with one attached hydrogen (secondary N) is 2. The van der Waals surface area contributed by atoms with E-state index in [9.17, 15) is 57.5 Å². The number of rotatable bonds is 10. The van der Waals surface area contributed by atoms with E-state index in [0.717, 1.165) is 40.3 Å². The fourth-order valence-electron chi connectivity index (χ4n) is 4.12. The molecule has 1 aliphatic heterocycles. The highest BCUT2D eigenvalue weighted by atomic mass is 32.2. The van der Waals surface area contributed by atoms with E-state index in [2.05, 4.69) is 26.4 Å². The second-order valence-corrected chi connectivity index (χ2v) is 12.9. The predicted molar refractivity (Wildman–Crippen MR) is 159 cm³/mol. The molecule has 50 heavy (non-hydrogen) atoms. The summed E-state index contributed by atoms with van der Waals surface area (Å²) in [7, 11) is -4.00. The first-order valence-corrected chi connectivity index (χ1v) is 16.0. The van der Waals surface area contributed by atoms with Crippen LogP contribution in [-0.4, -0.2) is 72.9 Å². The van der Waals surface area contributed by atoms with Crippen molar-refractivity contribution in [3.63, 3.8) is 0 Å². The Labute approximate surface area is 282 Å². The number of amides is 1. The van der Waals surface area contributed by atoms with Crippen LogP contribution in [0.5, 0.6) is 11.5 Å². The van der Waals surface area contributed by atoms with E-state index in [1.54, 1.807) is 9.88 Å². The Kier molecular flexibility index (Phi) is 12.8. The number of aromatic nitrogens is 2. The number of hydrogen-bond donors (Lipinski definition) is 2. The van der Waals surface area contributed by atoms with Gasteiger partial charge in [-0.2, -0.15) is 17.5 Å². The van der Waals surface area contributed by atoms with Crippen LogP contribution in [-0.2, 0) is 27.5 Å². The molecule has 11 nitrogen and oxygen atoms in total. The van der Waals surface area contributed by atoms with E-state index in [-0.39, 0.29) is 54.0 Å². The summed E-state index contributed by atoms with van der Waals surface area (Å²) >= 11 is 0.818. The molecule has 1 saturated heterocycles. The van der Waals surface area contributed by atoms with Crippen LogP contribution in [0.1, 0.15) is 17.1 Å². The molecule has 0 saturated carbocycles. The van der Waals surface area contributed by atoms with Gasteiger partial charge in [0.1, 0.15) is 16.4 Å². The molecule has 22 heteroatoms. The maximum Gasteiger partial charge on any atom is 0.573 e. The Hall–Kier alpha value is -4.44. The van der Waals surface area contributed by atoms with Crippen molar-refractivity contribution in [1.82, 2.24) is 24.5 Å². The molecule has 4 rings (SSSR count). The second-order valence-electron chi connectivity index (χ2n) is 9.92. The number of alkyl halides is 9. The van der Waals surface area contributed by atoms with Gasteiger partial charge in [-0.05, 0) is 48.9 Å².